The molecule has 0 spiro atoms. The largest absolute Gasteiger partial charge is 0.149 e. The lowest BCUT2D eigenvalue weighted by atomic mass is 10.2. The van der Waals surface area contributed by atoms with Crippen LogP contribution in [0.25, 0.3) is 0 Å². The Kier molecular flexibility index (Phi) is 1.49. The quantitative estimate of drug-likeness (QED) is 0.495. The SMILES string of the molecule is C1#CCc2ccsc2CC1. The van der Waals surface area contributed by atoms with Crippen molar-refractivity contribution < 1.29 is 0 Å². The molecule has 0 unspecified atom stereocenters. The van der Waals surface area contributed by atoms with E-state index < -0.39 is 0 Å². The van der Waals surface area contributed by atoms with Gasteiger partial charge in [-0.25, -0.2) is 0 Å². The van der Waals surface area contributed by atoms with Gasteiger partial charge in [-0.2, -0.15) is 0 Å². The van der Waals surface area contributed by atoms with E-state index in [-0.39, 0.29) is 0 Å². The second-order valence-corrected chi connectivity index (χ2v) is 3.40. The number of hydrogen-bond acceptors (Lipinski definition) is 1. The van der Waals surface area contributed by atoms with Gasteiger partial charge in [0.05, 0.1) is 0 Å². The zero-order valence-corrected chi connectivity index (χ0v) is 6.50. The summed E-state index contributed by atoms with van der Waals surface area (Å²) in [6.45, 7) is 0. The number of rotatable bonds is 0. The van der Waals surface area contributed by atoms with Gasteiger partial charge in [-0.1, -0.05) is 5.92 Å². The van der Waals surface area contributed by atoms with E-state index in [2.05, 4.69) is 23.3 Å². The van der Waals surface area contributed by atoms with Crippen molar-refractivity contribution in [2.45, 2.75) is 19.3 Å². The van der Waals surface area contributed by atoms with E-state index in [1.807, 2.05) is 11.3 Å². The fourth-order valence-corrected chi connectivity index (χ4v) is 2.07. The molecule has 10 heavy (non-hydrogen) atoms. The fraction of sp³-hybridized carbons (Fsp3) is 0.333. The first-order valence-electron chi connectivity index (χ1n) is 3.48. The van der Waals surface area contributed by atoms with Crippen LogP contribution in [0.15, 0.2) is 11.4 Å². The summed E-state index contributed by atoms with van der Waals surface area (Å²) in [5.41, 5.74) is 1.45. The summed E-state index contributed by atoms with van der Waals surface area (Å²) in [4.78, 5) is 1.53. The zero-order chi connectivity index (χ0) is 6.81. The number of thiophene rings is 1. The maximum atomic E-state index is 3.15. The molecule has 0 aromatic carbocycles. The van der Waals surface area contributed by atoms with Crippen molar-refractivity contribution in [2.75, 3.05) is 0 Å². The van der Waals surface area contributed by atoms with E-state index in [4.69, 9.17) is 0 Å². The smallest absolute Gasteiger partial charge is 0.0351 e. The minimum absolute atomic E-state index is 0.971. The third-order valence-electron chi connectivity index (χ3n) is 1.72. The van der Waals surface area contributed by atoms with Gasteiger partial charge in [0.1, 0.15) is 0 Å². The second kappa shape index (κ2) is 2.48. The molecule has 0 saturated carbocycles. The van der Waals surface area contributed by atoms with Gasteiger partial charge in [-0.15, -0.1) is 17.3 Å². The normalized spacial score (nSPS) is 14.8. The van der Waals surface area contributed by atoms with Crippen LogP contribution >= 0.6 is 11.3 Å². The predicted octanol–water partition coefficient (Wildman–Crippen LogP) is 2.24. The van der Waals surface area contributed by atoms with Crippen molar-refractivity contribution in [2.24, 2.45) is 0 Å². The van der Waals surface area contributed by atoms with Gasteiger partial charge in [0.2, 0.25) is 0 Å². The molecule has 2 rings (SSSR count). The Morgan fingerprint density at radius 2 is 2.40 bits per heavy atom. The maximum Gasteiger partial charge on any atom is 0.0351 e. The summed E-state index contributed by atoms with van der Waals surface area (Å²) in [5, 5.41) is 2.16. The van der Waals surface area contributed by atoms with E-state index in [1.165, 1.54) is 16.9 Å². The molecule has 1 aromatic rings. The topological polar surface area (TPSA) is 0 Å². The van der Waals surface area contributed by atoms with Crippen LogP contribution in [0.2, 0.25) is 0 Å². The first kappa shape index (κ1) is 6.00. The standard InChI is InChI=1S/C9H8S/c1-2-4-8-6-7-10-9(8)5-3-1/h6-7H,3-5H2. The van der Waals surface area contributed by atoms with Crippen LogP contribution in [0, 0.1) is 11.8 Å². The summed E-state index contributed by atoms with van der Waals surface area (Å²) in [7, 11) is 0. The molecular formula is C9H8S. The molecule has 0 bridgehead atoms. The van der Waals surface area contributed by atoms with Crippen molar-refractivity contribution >= 4 is 11.3 Å². The molecular weight excluding hydrogens is 140 g/mol. The van der Waals surface area contributed by atoms with Gasteiger partial charge in [-0.3, -0.25) is 0 Å². The van der Waals surface area contributed by atoms with Crippen LogP contribution in [0.4, 0.5) is 0 Å². The minimum Gasteiger partial charge on any atom is -0.149 e. The number of fused-ring (bicyclic) bond motifs is 1. The lowest BCUT2D eigenvalue weighted by molar-refractivity contribution is 1.05. The van der Waals surface area contributed by atoms with E-state index in [1.54, 1.807) is 0 Å². The van der Waals surface area contributed by atoms with Gasteiger partial charge < -0.3 is 0 Å². The predicted molar refractivity (Wildman–Crippen MR) is 44.1 cm³/mol. The second-order valence-electron chi connectivity index (χ2n) is 2.40. The molecule has 1 heteroatoms. The van der Waals surface area contributed by atoms with Gasteiger partial charge >= 0.3 is 0 Å². The van der Waals surface area contributed by atoms with Crippen LogP contribution < -0.4 is 0 Å². The molecule has 0 amide bonds. The van der Waals surface area contributed by atoms with E-state index in [0.29, 0.717) is 0 Å². The lowest BCUT2D eigenvalue weighted by Gasteiger charge is -1.92. The van der Waals surface area contributed by atoms with E-state index >= 15 is 0 Å². The fourth-order valence-electron chi connectivity index (χ4n) is 1.17. The van der Waals surface area contributed by atoms with Crippen LogP contribution in [0.3, 0.4) is 0 Å². The Bertz CT molecular complexity index is 285. The third-order valence-corrected chi connectivity index (χ3v) is 2.74. The van der Waals surface area contributed by atoms with Crippen molar-refractivity contribution in [3.8, 4) is 11.8 Å². The summed E-state index contributed by atoms with van der Waals surface area (Å²) in [6, 6.07) is 2.19. The molecule has 0 saturated heterocycles. The lowest BCUT2D eigenvalue weighted by Crippen LogP contribution is -1.81. The van der Waals surface area contributed by atoms with Crippen LogP contribution in [0.5, 0.6) is 0 Å². The van der Waals surface area contributed by atoms with Crippen molar-refractivity contribution in [3.63, 3.8) is 0 Å². The highest BCUT2D eigenvalue weighted by atomic mass is 32.1. The number of hydrogen-bond donors (Lipinski definition) is 0. The first-order valence-corrected chi connectivity index (χ1v) is 4.36. The van der Waals surface area contributed by atoms with Gasteiger partial charge in [0.15, 0.2) is 0 Å². The van der Waals surface area contributed by atoms with Crippen LogP contribution in [-0.4, -0.2) is 0 Å². The minimum atomic E-state index is 0.971. The summed E-state index contributed by atoms with van der Waals surface area (Å²) < 4.78 is 0. The molecule has 0 fully saturated rings. The van der Waals surface area contributed by atoms with Crippen molar-refractivity contribution in [3.05, 3.63) is 21.9 Å². The molecule has 0 aliphatic heterocycles. The highest BCUT2D eigenvalue weighted by molar-refractivity contribution is 7.10. The van der Waals surface area contributed by atoms with Crippen LogP contribution in [0.1, 0.15) is 16.9 Å². The van der Waals surface area contributed by atoms with Gasteiger partial charge in [-0.05, 0) is 23.4 Å². The summed E-state index contributed by atoms with van der Waals surface area (Å²) in [5.74, 6) is 6.28. The monoisotopic (exact) mass is 148 g/mol. The van der Waals surface area contributed by atoms with Crippen molar-refractivity contribution in [1.82, 2.24) is 0 Å². The molecule has 0 N–H and O–H groups in total. The molecule has 1 aromatic heterocycles. The zero-order valence-electron chi connectivity index (χ0n) is 5.68. The highest BCUT2D eigenvalue weighted by Gasteiger charge is 2.03. The molecule has 0 nitrogen and oxygen atoms in total. The average Bonchev–Trinajstić information content (AvgIpc) is 2.28. The average molecular weight is 148 g/mol. The maximum absolute atomic E-state index is 3.15. The first-order chi connectivity index (χ1) is 4.97. The Balaban J connectivity index is 2.40. The van der Waals surface area contributed by atoms with Gasteiger partial charge in [0, 0.05) is 17.7 Å². The molecule has 50 valence electrons. The summed E-state index contributed by atoms with van der Waals surface area (Å²) in [6.07, 6.45) is 3.19. The number of aryl methyl sites for hydroxylation is 1. The molecule has 1 aliphatic rings. The third kappa shape index (κ3) is 0.955. The molecule has 1 heterocycles. The Labute approximate surface area is 64.9 Å². The van der Waals surface area contributed by atoms with Gasteiger partial charge in [0.25, 0.3) is 0 Å². The van der Waals surface area contributed by atoms with E-state index in [0.717, 1.165) is 12.8 Å². The van der Waals surface area contributed by atoms with E-state index in [9.17, 15) is 0 Å². The van der Waals surface area contributed by atoms with Crippen molar-refractivity contribution in [1.29, 1.82) is 0 Å². The van der Waals surface area contributed by atoms with Crippen LogP contribution in [-0.2, 0) is 12.8 Å². The Morgan fingerprint density at radius 3 is 3.40 bits per heavy atom. The molecule has 1 aliphatic carbocycles. The molecule has 0 atom stereocenters. The molecule has 0 radical (unpaired) electrons. The Hall–Kier alpha value is -0.740. The highest BCUT2D eigenvalue weighted by Crippen LogP contribution is 2.20. The Morgan fingerprint density at radius 1 is 1.40 bits per heavy atom. The summed E-state index contributed by atoms with van der Waals surface area (Å²) >= 11 is 1.86.